The fourth-order valence-corrected chi connectivity index (χ4v) is 5.00. The van der Waals surface area contributed by atoms with Gasteiger partial charge < -0.3 is 14.2 Å². The molecule has 0 spiro atoms. The molecule has 0 atom stereocenters. The first kappa shape index (κ1) is 19.3. The third-order valence-corrected chi connectivity index (χ3v) is 6.85. The van der Waals surface area contributed by atoms with Gasteiger partial charge in [0, 0.05) is 39.3 Å². The zero-order chi connectivity index (χ0) is 20.5. The third-order valence-electron chi connectivity index (χ3n) is 5.80. The average Bonchev–Trinajstić information content (AvgIpc) is 3.54. The van der Waals surface area contributed by atoms with Crippen molar-refractivity contribution >= 4 is 33.4 Å². The van der Waals surface area contributed by atoms with Gasteiger partial charge in [0.25, 0.3) is 5.91 Å². The maximum atomic E-state index is 12.9. The minimum atomic E-state index is -0.104. The van der Waals surface area contributed by atoms with Crippen molar-refractivity contribution in [1.82, 2.24) is 19.7 Å². The molecular weight excluding hydrogens is 400 g/mol. The van der Waals surface area contributed by atoms with Crippen LogP contribution in [0.2, 0.25) is 0 Å². The molecule has 0 bridgehead atoms. The third kappa shape index (κ3) is 3.85. The number of carbonyl (C=O) groups excluding carboxylic acids is 2. The zero-order valence-electron chi connectivity index (χ0n) is 16.7. The predicted octanol–water partition coefficient (Wildman–Crippen LogP) is 2.94. The molecule has 156 valence electrons. The number of thiazole rings is 1. The number of fused-ring (bicyclic) bond motifs is 1. The standard InChI is InChI=1S/C22H24N4O3S/c27-20(25-9-3-4-10-25)15-24-11-13-26(14-12-24)22(28)18-8-7-17(29-18)21-23-16-5-1-2-6-19(16)30-21/h1-2,5-8H,3-4,9-15H2. The number of hydrogen-bond acceptors (Lipinski definition) is 6. The van der Waals surface area contributed by atoms with Crippen molar-refractivity contribution in [2.75, 3.05) is 45.8 Å². The summed E-state index contributed by atoms with van der Waals surface area (Å²) in [5.41, 5.74) is 0.932. The number of benzene rings is 1. The van der Waals surface area contributed by atoms with Gasteiger partial charge in [-0.1, -0.05) is 12.1 Å². The lowest BCUT2D eigenvalue weighted by molar-refractivity contribution is -0.131. The van der Waals surface area contributed by atoms with Crippen molar-refractivity contribution in [3.05, 3.63) is 42.2 Å². The van der Waals surface area contributed by atoms with E-state index in [0.717, 1.165) is 41.2 Å². The Balaban J connectivity index is 1.19. The Morgan fingerprint density at radius 1 is 0.933 bits per heavy atom. The highest BCUT2D eigenvalue weighted by molar-refractivity contribution is 7.21. The summed E-state index contributed by atoms with van der Waals surface area (Å²) in [5, 5.41) is 0.778. The van der Waals surface area contributed by atoms with Crippen LogP contribution in [-0.2, 0) is 4.79 Å². The van der Waals surface area contributed by atoms with Crippen molar-refractivity contribution in [1.29, 1.82) is 0 Å². The van der Waals surface area contributed by atoms with Crippen molar-refractivity contribution in [3.8, 4) is 10.8 Å². The molecule has 2 aliphatic heterocycles. The van der Waals surface area contributed by atoms with E-state index in [2.05, 4.69) is 9.88 Å². The number of rotatable bonds is 4. The van der Waals surface area contributed by atoms with E-state index in [0.29, 0.717) is 44.2 Å². The van der Waals surface area contributed by atoms with Crippen molar-refractivity contribution in [2.45, 2.75) is 12.8 Å². The Morgan fingerprint density at radius 3 is 2.47 bits per heavy atom. The van der Waals surface area contributed by atoms with Crippen LogP contribution in [0.1, 0.15) is 23.4 Å². The van der Waals surface area contributed by atoms with Crippen molar-refractivity contribution in [2.24, 2.45) is 0 Å². The second kappa shape index (κ2) is 8.20. The summed E-state index contributed by atoms with van der Waals surface area (Å²) in [6.07, 6.45) is 2.21. The zero-order valence-corrected chi connectivity index (χ0v) is 17.6. The lowest BCUT2D eigenvalue weighted by Crippen LogP contribution is -2.51. The number of piperazine rings is 1. The van der Waals surface area contributed by atoms with Gasteiger partial charge in [0.1, 0.15) is 0 Å². The molecule has 2 aliphatic rings. The second-order valence-electron chi connectivity index (χ2n) is 7.81. The fourth-order valence-electron chi connectivity index (χ4n) is 4.07. The average molecular weight is 425 g/mol. The number of nitrogens with zero attached hydrogens (tertiary/aromatic N) is 4. The van der Waals surface area contributed by atoms with Gasteiger partial charge in [0.2, 0.25) is 5.91 Å². The number of likely N-dealkylation sites (tertiary alicyclic amines) is 1. The molecule has 4 heterocycles. The van der Waals surface area contributed by atoms with E-state index in [4.69, 9.17) is 4.42 Å². The molecule has 1 aromatic carbocycles. The molecule has 5 rings (SSSR count). The molecule has 2 amide bonds. The van der Waals surface area contributed by atoms with Crippen LogP contribution >= 0.6 is 11.3 Å². The SMILES string of the molecule is O=C(CN1CCN(C(=O)c2ccc(-c3nc4ccccc4s3)o2)CC1)N1CCCC1. The van der Waals surface area contributed by atoms with Crippen molar-refractivity contribution < 1.29 is 14.0 Å². The molecule has 0 saturated carbocycles. The first-order valence-corrected chi connectivity index (χ1v) is 11.2. The summed E-state index contributed by atoms with van der Waals surface area (Å²) in [5.74, 6) is 1.06. The van der Waals surface area contributed by atoms with Gasteiger partial charge in [-0.3, -0.25) is 14.5 Å². The highest BCUT2D eigenvalue weighted by atomic mass is 32.1. The lowest BCUT2D eigenvalue weighted by atomic mass is 10.2. The first-order chi connectivity index (χ1) is 14.7. The van der Waals surface area contributed by atoms with Crippen LogP contribution in [0.25, 0.3) is 21.0 Å². The van der Waals surface area contributed by atoms with Crippen LogP contribution in [0, 0.1) is 0 Å². The van der Waals surface area contributed by atoms with Crippen molar-refractivity contribution in [3.63, 3.8) is 0 Å². The Morgan fingerprint density at radius 2 is 1.70 bits per heavy atom. The highest BCUT2D eigenvalue weighted by Gasteiger charge is 2.27. The number of furan rings is 1. The lowest BCUT2D eigenvalue weighted by Gasteiger charge is -2.34. The van der Waals surface area contributed by atoms with Gasteiger partial charge in [0.15, 0.2) is 16.5 Å². The van der Waals surface area contributed by atoms with Gasteiger partial charge in [0.05, 0.1) is 16.8 Å². The van der Waals surface area contributed by atoms with Crippen LogP contribution in [-0.4, -0.2) is 77.3 Å². The van der Waals surface area contributed by atoms with Crippen LogP contribution in [0.5, 0.6) is 0 Å². The van der Waals surface area contributed by atoms with E-state index in [-0.39, 0.29) is 11.8 Å². The van der Waals surface area contributed by atoms with Crippen LogP contribution < -0.4 is 0 Å². The molecule has 7 nitrogen and oxygen atoms in total. The van der Waals surface area contributed by atoms with Crippen LogP contribution in [0.3, 0.4) is 0 Å². The van der Waals surface area contributed by atoms with Crippen LogP contribution in [0.4, 0.5) is 0 Å². The Hall–Kier alpha value is -2.71. The molecular formula is C22H24N4O3S. The van der Waals surface area contributed by atoms with E-state index in [1.165, 1.54) is 0 Å². The number of para-hydroxylation sites is 1. The van der Waals surface area contributed by atoms with Gasteiger partial charge in [-0.25, -0.2) is 4.98 Å². The molecule has 2 fully saturated rings. The molecule has 8 heteroatoms. The summed E-state index contributed by atoms with van der Waals surface area (Å²) in [7, 11) is 0. The monoisotopic (exact) mass is 424 g/mol. The molecule has 0 radical (unpaired) electrons. The number of carbonyl (C=O) groups is 2. The Labute approximate surface area is 178 Å². The largest absolute Gasteiger partial charge is 0.448 e. The number of aromatic nitrogens is 1. The normalized spacial score (nSPS) is 17.7. The quantitative estimate of drug-likeness (QED) is 0.644. The van der Waals surface area contributed by atoms with Gasteiger partial charge in [-0.05, 0) is 37.1 Å². The van der Waals surface area contributed by atoms with E-state index >= 15 is 0 Å². The summed E-state index contributed by atoms with van der Waals surface area (Å²) in [6.45, 7) is 4.82. The van der Waals surface area contributed by atoms with Gasteiger partial charge in [-0.2, -0.15) is 0 Å². The Kier molecular flexibility index (Phi) is 5.26. The summed E-state index contributed by atoms with van der Waals surface area (Å²) in [4.78, 5) is 35.7. The van der Waals surface area contributed by atoms with E-state index in [1.54, 1.807) is 22.3 Å². The smallest absolute Gasteiger partial charge is 0.289 e. The highest BCUT2D eigenvalue weighted by Crippen LogP contribution is 2.31. The molecule has 0 unspecified atom stereocenters. The molecule has 30 heavy (non-hydrogen) atoms. The minimum Gasteiger partial charge on any atom is -0.448 e. The first-order valence-electron chi connectivity index (χ1n) is 10.4. The second-order valence-corrected chi connectivity index (χ2v) is 8.84. The van der Waals surface area contributed by atoms with E-state index in [1.807, 2.05) is 35.2 Å². The molecule has 2 aromatic heterocycles. The Bertz CT molecular complexity index is 1030. The summed E-state index contributed by atoms with van der Waals surface area (Å²) in [6, 6.07) is 11.5. The minimum absolute atomic E-state index is 0.104. The molecule has 0 N–H and O–H groups in total. The fraction of sp³-hybridized carbons (Fsp3) is 0.409. The topological polar surface area (TPSA) is 69.9 Å². The molecule has 0 aliphatic carbocycles. The molecule has 2 saturated heterocycles. The summed E-state index contributed by atoms with van der Waals surface area (Å²) < 4.78 is 6.95. The van der Waals surface area contributed by atoms with E-state index < -0.39 is 0 Å². The summed E-state index contributed by atoms with van der Waals surface area (Å²) >= 11 is 1.55. The number of amides is 2. The maximum absolute atomic E-state index is 12.9. The van der Waals surface area contributed by atoms with Gasteiger partial charge in [-0.15, -0.1) is 11.3 Å². The van der Waals surface area contributed by atoms with E-state index in [9.17, 15) is 9.59 Å². The predicted molar refractivity (Wildman–Crippen MR) is 115 cm³/mol. The van der Waals surface area contributed by atoms with Crippen LogP contribution in [0.15, 0.2) is 40.8 Å². The number of hydrogen-bond donors (Lipinski definition) is 0. The van der Waals surface area contributed by atoms with Gasteiger partial charge >= 0.3 is 0 Å². The maximum Gasteiger partial charge on any atom is 0.289 e. The molecule has 3 aromatic rings.